The second-order valence-corrected chi connectivity index (χ2v) is 7.72. The molecule has 32 heavy (non-hydrogen) atoms. The first kappa shape index (κ1) is 23.3. The molecule has 0 unspecified atom stereocenters. The molecule has 9 nitrogen and oxygen atoms in total. The van der Waals surface area contributed by atoms with Crippen molar-refractivity contribution in [1.82, 2.24) is 19.8 Å². The van der Waals surface area contributed by atoms with Gasteiger partial charge in [-0.25, -0.2) is 14.8 Å². The minimum absolute atomic E-state index is 0.00558. The van der Waals surface area contributed by atoms with Gasteiger partial charge in [-0.1, -0.05) is 12.1 Å². The Morgan fingerprint density at radius 3 is 2.69 bits per heavy atom. The van der Waals surface area contributed by atoms with E-state index in [1.807, 2.05) is 12.1 Å². The standard InChI is InChI=1S/C17H24N4O3.C6H7NO/c22-15(23)7-10-21-12-11-20(17(21)24)9-2-4-14-6-5-13-3-1-8-18-16(13)19-14;1-8-6-4-2-3-5-7-6/h5-6H,1-4,7-12H2,(H,18,19)(H,22,23);2-5H,1H3. The van der Waals surface area contributed by atoms with E-state index >= 15 is 0 Å². The van der Waals surface area contributed by atoms with E-state index in [1.165, 1.54) is 5.56 Å². The lowest BCUT2D eigenvalue weighted by atomic mass is 10.1. The molecule has 2 N–H and O–H groups in total. The number of methoxy groups -OCH3 is 1. The van der Waals surface area contributed by atoms with Crippen molar-refractivity contribution in [1.29, 1.82) is 0 Å². The number of ether oxygens (including phenoxy) is 1. The second kappa shape index (κ2) is 11.9. The van der Waals surface area contributed by atoms with E-state index in [9.17, 15) is 9.59 Å². The molecule has 2 aromatic heterocycles. The molecule has 0 spiro atoms. The highest BCUT2D eigenvalue weighted by Crippen LogP contribution is 2.20. The third-order valence-corrected chi connectivity index (χ3v) is 5.44. The number of fused-ring (bicyclic) bond motifs is 1. The van der Waals surface area contributed by atoms with E-state index < -0.39 is 5.97 Å². The van der Waals surface area contributed by atoms with E-state index in [0.29, 0.717) is 32.1 Å². The number of carboxylic acid groups (broad SMARTS) is 1. The predicted molar refractivity (Wildman–Crippen MR) is 121 cm³/mol. The van der Waals surface area contributed by atoms with Gasteiger partial charge in [-0.15, -0.1) is 0 Å². The summed E-state index contributed by atoms with van der Waals surface area (Å²) in [7, 11) is 1.60. The molecule has 9 heteroatoms. The Bertz CT molecular complexity index is 893. The number of anilines is 1. The topological polar surface area (TPSA) is 108 Å². The van der Waals surface area contributed by atoms with Crippen molar-refractivity contribution in [2.24, 2.45) is 0 Å². The normalized spacial score (nSPS) is 14.8. The van der Waals surface area contributed by atoms with Gasteiger partial charge in [-0.05, 0) is 43.4 Å². The minimum atomic E-state index is -0.867. The van der Waals surface area contributed by atoms with Gasteiger partial charge in [0.05, 0.1) is 13.5 Å². The molecule has 0 radical (unpaired) electrons. The maximum Gasteiger partial charge on any atom is 0.320 e. The first-order valence-corrected chi connectivity index (χ1v) is 11.0. The molecule has 2 aliphatic heterocycles. The highest BCUT2D eigenvalue weighted by Gasteiger charge is 2.27. The average molecular weight is 442 g/mol. The van der Waals surface area contributed by atoms with Crippen LogP contribution in [-0.2, 0) is 17.6 Å². The van der Waals surface area contributed by atoms with Gasteiger partial charge in [0.2, 0.25) is 5.88 Å². The van der Waals surface area contributed by atoms with Crippen LogP contribution in [-0.4, -0.2) is 76.7 Å². The maximum absolute atomic E-state index is 12.2. The first-order valence-electron chi connectivity index (χ1n) is 11.0. The Balaban J connectivity index is 0.000000305. The third-order valence-electron chi connectivity index (χ3n) is 5.44. The highest BCUT2D eigenvalue weighted by molar-refractivity contribution is 5.77. The molecule has 1 saturated heterocycles. The molecule has 4 heterocycles. The minimum Gasteiger partial charge on any atom is -0.481 e. The van der Waals surface area contributed by atoms with Crippen LogP contribution in [0, 0.1) is 0 Å². The summed E-state index contributed by atoms with van der Waals surface area (Å²) in [4.78, 5) is 34.8. The van der Waals surface area contributed by atoms with Gasteiger partial charge in [-0.3, -0.25) is 4.79 Å². The lowest BCUT2D eigenvalue weighted by molar-refractivity contribution is -0.137. The summed E-state index contributed by atoms with van der Waals surface area (Å²) in [6.07, 6.45) is 5.65. The Morgan fingerprint density at radius 1 is 1.19 bits per heavy atom. The average Bonchev–Trinajstić information content (AvgIpc) is 3.18. The van der Waals surface area contributed by atoms with Gasteiger partial charge in [0, 0.05) is 50.7 Å². The highest BCUT2D eigenvalue weighted by atomic mass is 16.5. The molecule has 2 aliphatic rings. The zero-order chi connectivity index (χ0) is 22.8. The van der Waals surface area contributed by atoms with Crippen molar-refractivity contribution in [3.63, 3.8) is 0 Å². The fraction of sp³-hybridized carbons (Fsp3) is 0.478. The summed E-state index contributed by atoms with van der Waals surface area (Å²) in [5, 5.41) is 12.1. The van der Waals surface area contributed by atoms with Crippen LogP contribution >= 0.6 is 0 Å². The van der Waals surface area contributed by atoms with Crippen LogP contribution in [0.2, 0.25) is 0 Å². The Hall–Kier alpha value is -3.36. The number of nitrogens with one attached hydrogen (secondary N) is 1. The molecule has 172 valence electrons. The van der Waals surface area contributed by atoms with Crippen molar-refractivity contribution in [3.05, 3.63) is 47.8 Å². The van der Waals surface area contributed by atoms with Crippen molar-refractivity contribution < 1.29 is 19.4 Å². The number of nitrogens with zero attached hydrogens (tertiary/aromatic N) is 4. The van der Waals surface area contributed by atoms with E-state index in [4.69, 9.17) is 9.84 Å². The molecule has 0 aromatic carbocycles. The van der Waals surface area contributed by atoms with Gasteiger partial charge in [0.15, 0.2) is 0 Å². The SMILES string of the molecule is COc1ccccn1.O=C(O)CCN1CCN(CCCc2ccc3c(n2)NCCC3)C1=O. The fourth-order valence-electron chi connectivity index (χ4n) is 3.71. The Kier molecular flexibility index (Phi) is 8.65. The van der Waals surface area contributed by atoms with Gasteiger partial charge >= 0.3 is 12.0 Å². The summed E-state index contributed by atoms with van der Waals surface area (Å²) in [5.41, 5.74) is 2.34. The zero-order valence-corrected chi connectivity index (χ0v) is 18.5. The Morgan fingerprint density at radius 2 is 2.00 bits per heavy atom. The smallest absolute Gasteiger partial charge is 0.320 e. The molecule has 1 fully saturated rings. The Labute approximate surface area is 188 Å². The maximum atomic E-state index is 12.2. The molecule has 0 saturated carbocycles. The summed E-state index contributed by atoms with van der Waals surface area (Å²) in [6, 6.07) is 9.72. The molecule has 0 aliphatic carbocycles. The number of carboxylic acids is 1. The third kappa shape index (κ3) is 6.83. The number of aryl methyl sites for hydroxylation is 2. The van der Waals surface area contributed by atoms with E-state index in [0.717, 1.165) is 43.7 Å². The monoisotopic (exact) mass is 441 g/mol. The van der Waals surface area contributed by atoms with Crippen LogP contribution in [0.5, 0.6) is 5.88 Å². The number of aromatic nitrogens is 2. The quantitative estimate of drug-likeness (QED) is 0.648. The number of rotatable bonds is 8. The van der Waals surface area contributed by atoms with Crippen LogP contribution in [0.4, 0.5) is 10.6 Å². The molecule has 4 rings (SSSR count). The lowest BCUT2D eigenvalue weighted by Crippen LogP contribution is -2.33. The second-order valence-electron chi connectivity index (χ2n) is 7.72. The number of hydrogen-bond acceptors (Lipinski definition) is 6. The van der Waals surface area contributed by atoms with Crippen LogP contribution < -0.4 is 10.1 Å². The van der Waals surface area contributed by atoms with Crippen molar-refractivity contribution in [3.8, 4) is 5.88 Å². The molecule has 0 atom stereocenters. The zero-order valence-electron chi connectivity index (χ0n) is 18.5. The summed E-state index contributed by atoms with van der Waals surface area (Å²) in [5.74, 6) is 0.802. The van der Waals surface area contributed by atoms with Crippen molar-refractivity contribution in [2.75, 3.05) is 45.2 Å². The van der Waals surface area contributed by atoms with Gasteiger partial charge < -0.3 is 25.0 Å². The number of hydrogen-bond donors (Lipinski definition) is 2. The molecule has 2 aromatic rings. The first-order chi connectivity index (χ1) is 15.6. The van der Waals surface area contributed by atoms with E-state index in [2.05, 4.69) is 27.4 Å². The number of aliphatic carboxylic acids is 1. The van der Waals surface area contributed by atoms with Gasteiger partial charge in [0.25, 0.3) is 0 Å². The van der Waals surface area contributed by atoms with Gasteiger partial charge in [-0.2, -0.15) is 0 Å². The van der Waals surface area contributed by atoms with Gasteiger partial charge in [0.1, 0.15) is 5.82 Å². The number of amides is 2. The number of carbonyl (C=O) groups is 2. The molecular weight excluding hydrogens is 410 g/mol. The summed E-state index contributed by atoms with van der Waals surface area (Å²) < 4.78 is 4.80. The van der Waals surface area contributed by atoms with Crippen LogP contribution in [0.3, 0.4) is 0 Å². The number of carbonyl (C=O) groups excluding carboxylic acids is 1. The van der Waals surface area contributed by atoms with Crippen LogP contribution in [0.1, 0.15) is 30.5 Å². The van der Waals surface area contributed by atoms with E-state index in [-0.39, 0.29) is 12.5 Å². The predicted octanol–water partition coefficient (Wildman–Crippen LogP) is 2.67. The number of urea groups is 1. The molecular formula is C23H31N5O4. The van der Waals surface area contributed by atoms with Crippen LogP contribution in [0.15, 0.2) is 36.5 Å². The van der Waals surface area contributed by atoms with E-state index in [1.54, 1.807) is 29.2 Å². The fourth-order valence-corrected chi connectivity index (χ4v) is 3.71. The molecule has 2 amide bonds. The van der Waals surface area contributed by atoms with Crippen molar-refractivity contribution in [2.45, 2.75) is 32.1 Å². The van der Waals surface area contributed by atoms with Crippen LogP contribution in [0.25, 0.3) is 0 Å². The molecule has 0 bridgehead atoms. The lowest BCUT2D eigenvalue weighted by Gasteiger charge is -2.19. The van der Waals surface area contributed by atoms with Crippen molar-refractivity contribution >= 4 is 17.8 Å². The largest absolute Gasteiger partial charge is 0.481 e. The summed E-state index contributed by atoms with van der Waals surface area (Å²) >= 11 is 0. The number of pyridine rings is 2. The summed E-state index contributed by atoms with van der Waals surface area (Å²) in [6.45, 7) is 3.26.